The fourth-order valence-electron chi connectivity index (χ4n) is 2.93. The summed E-state index contributed by atoms with van der Waals surface area (Å²) < 4.78 is 5.26. The maximum absolute atomic E-state index is 8.59. The van der Waals surface area contributed by atoms with Crippen LogP contribution < -0.4 is 5.32 Å². The van der Waals surface area contributed by atoms with Gasteiger partial charge in [0.2, 0.25) is 0 Å². The molecule has 18 heavy (non-hydrogen) atoms. The van der Waals surface area contributed by atoms with Gasteiger partial charge in [-0.2, -0.15) is 0 Å². The molecule has 0 aliphatic heterocycles. The van der Waals surface area contributed by atoms with Crippen molar-refractivity contribution in [3.05, 3.63) is 0 Å². The smallest absolute Gasteiger partial charge is 0.0697 e. The van der Waals surface area contributed by atoms with Gasteiger partial charge in [-0.15, -0.1) is 0 Å². The normalized spacial score (nSPS) is 25.0. The Kier molecular flexibility index (Phi) is 9.54. The lowest BCUT2D eigenvalue weighted by atomic mass is 9.95. The van der Waals surface area contributed by atoms with Crippen molar-refractivity contribution in [2.45, 2.75) is 64.3 Å². The summed E-state index contributed by atoms with van der Waals surface area (Å²) in [4.78, 5) is 0. The molecule has 2 atom stereocenters. The van der Waals surface area contributed by atoms with Gasteiger partial charge in [-0.05, 0) is 38.1 Å². The van der Waals surface area contributed by atoms with E-state index in [9.17, 15) is 0 Å². The van der Waals surface area contributed by atoms with E-state index in [4.69, 9.17) is 9.84 Å². The van der Waals surface area contributed by atoms with Crippen LogP contribution in [0.5, 0.6) is 0 Å². The van der Waals surface area contributed by atoms with Crippen molar-refractivity contribution in [2.24, 2.45) is 5.92 Å². The lowest BCUT2D eigenvalue weighted by Gasteiger charge is -2.16. The van der Waals surface area contributed by atoms with E-state index in [1.165, 1.54) is 44.9 Å². The van der Waals surface area contributed by atoms with E-state index in [1.807, 2.05) is 0 Å². The van der Waals surface area contributed by atoms with Crippen molar-refractivity contribution in [1.29, 1.82) is 0 Å². The van der Waals surface area contributed by atoms with Crippen LogP contribution in [0.15, 0.2) is 0 Å². The van der Waals surface area contributed by atoms with Gasteiger partial charge in [0.25, 0.3) is 0 Å². The summed E-state index contributed by atoms with van der Waals surface area (Å²) in [5, 5.41) is 12.2. The molecule has 1 aliphatic carbocycles. The first kappa shape index (κ1) is 15.9. The van der Waals surface area contributed by atoms with Crippen molar-refractivity contribution < 1.29 is 9.84 Å². The average Bonchev–Trinajstić information content (AvgIpc) is 2.60. The summed E-state index contributed by atoms with van der Waals surface area (Å²) in [7, 11) is 0. The number of ether oxygens (including phenoxy) is 1. The van der Waals surface area contributed by atoms with E-state index in [0.29, 0.717) is 6.61 Å². The highest BCUT2D eigenvalue weighted by Gasteiger charge is 2.17. The van der Waals surface area contributed by atoms with Crippen molar-refractivity contribution >= 4 is 0 Å². The Morgan fingerprint density at radius 2 is 2.06 bits per heavy atom. The number of rotatable bonds is 9. The van der Waals surface area contributed by atoms with Crippen molar-refractivity contribution in [1.82, 2.24) is 5.32 Å². The second kappa shape index (κ2) is 10.8. The van der Waals surface area contributed by atoms with Crippen LogP contribution in [0.4, 0.5) is 0 Å². The maximum atomic E-state index is 8.59. The third kappa shape index (κ3) is 7.34. The molecule has 0 aromatic rings. The maximum Gasteiger partial charge on any atom is 0.0697 e. The Hall–Kier alpha value is -0.120. The number of nitrogens with one attached hydrogen (secondary N) is 1. The molecule has 0 heterocycles. The molecule has 0 aromatic heterocycles. The molecule has 3 heteroatoms. The number of hydrogen-bond acceptors (Lipinski definition) is 3. The summed E-state index contributed by atoms with van der Waals surface area (Å²) in [5.74, 6) is 0.981. The van der Waals surface area contributed by atoms with E-state index in [2.05, 4.69) is 12.2 Å². The Morgan fingerprint density at radius 3 is 2.83 bits per heavy atom. The largest absolute Gasteiger partial charge is 0.394 e. The molecule has 0 aromatic carbocycles. The van der Waals surface area contributed by atoms with Gasteiger partial charge in [-0.1, -0.05) is 32.6 Å². The third-order valence-corrected chi connectivity index (χ3v) is 3.92. The van der Waals surface area contributed by atoms with Gasteiger partial charge in [0.05, 0.1) is 13.2 Å². The van der Waals surface area contributed by atoms with Crippen LogP contribution >= 0.6 is 0 Å². The fraction of sp³-hybridized carbons (Fsp3) is 1.00. The van der Waals surface area contributed by atoms with Gasteiger partial charge in [0, 0.05) is 12.6 Å². The zero-order valence-corrected chi connectivity index (χ0v) is 12.0. The minimum Gasteiger partial charge on any atom is -0.394 e. The van der Waals surface area contributed by atoms with Crippen LogP contribution in [0.25, 0.3) is 0 Å². The first-order valence-electron chi connectivity index (χ1n) is 7.78. The van der Waals surface area contributed by atoms with Crippen LogP contribution in [0.1, 0.15) is 58.3 Å². The second-order valence-electron chi connectivity index (χ2n) is 5.50. The molecule has 0 saturated heterocycles. The molecule has 0 bridgehead atoms. The molecular weight excluding hydrogens is 226 g/mol. The summed E-state index contributed by atoms with van der Waals surface area (Å²) in [5.41, 5.74) is 0. The Balaban J connectivity index is 2.01. The lowest BCUT2D eigenvalue weighted by Crippen LogP contribution is -2.30. The predicted molar refractivity (Wildman–Crippen MR) is 75.8 cm³/mol. The minimum atomic E-state index is 0.134. The lowest BCUT2D eigenvalue weighted by molar-refractivity contribution is 0.0903. The minimum absolute atomic E-state index is 0.134. The molecule has 1 fully saturated rings. The fourth-order valence-corrected chi connectivity index (χ4v) is 2.93. The zero-order chi connectivity index (χ0) is 13.1. The molecule has 0 amide bonds. The van der Waals surface area contributed by atoms with Gasteiger partial charge in [-0.25, -0.2) is 0 Å². The third-order valence-electron chi connectivity index (χ3n) is 3.92. The summed E-state index contributed by atoms with van der Waals surface area (Å²) >= 11 is 0. The van der Waals surface area contributed by atoms with Crippen LogP contribution in [-0.2, 0) is 4.74 Å². The molecule has 1 saturated carbocycles. The second-order valence-corrected chi connectivity index (χ2v) is 5.50. The first-order valence-corrected chi connectivity index (χ1v) is 7.78. The first-order chi connectivity index (χ1) is 8.86. The molecule has 1 rings (SSSR count). The zero-order valence-electron chi connectivity index (χ0n) is 12.0. The van der Waals surface area contributed by atoms with Crippen LogP contribution in [0, 0.1) is 5.92 Å². The Bertz CT molecular complexity index is 187. The molecule has 2 unspecified atom stereocenters. The summed E-state index contributed by atoms with van der Waals surface area (Å²) in [6, 6.07) is 0.727. The quantitative estimate of drug-likeness (QED) is 0.493. The van der Waals surface area contributed by atoms with Gasteiger partial charge >= 0.3 is 0 Å². The Labute approximate surface area is 112 Å². The summed E-state index contributed by atoms with van der Waals surface area (Å²) in [6.45, 7) is 4.72. The average molecular weight is 257 g/mol. The van der Waals surface area contributed by atoms with Crippen LogP contribution in [0.2, 0.25) is 0 Å². The highest BCUT2D eigenvalue weighted by molar-refractivity contribution is 4.74. The van der Waals surface area contributed by atoms with Crippen LogP contribution in [-0.4, -0.2) is 37.5 Å². The van der Waals surface area contributed by atoms with Crippen LogP contribution in [0.3, 0.4) is 0 Å². The van der Waals surface area contributed by atoms with E-state index < -0.39 is 0 Å². The van der Waals surface area contributed by atoms with Gasteiger partial charge in [-0.3, -0.25) is 0 Å². The molecule has 3 nitrogen and oxygen atoms in total. The van der Waals surface area contributed by atoms with Gasteiger partial charge in [0.15, 0.2) is 0 Å². The molecule has 108 valence electrons. The topological polar surface area (TPSA) is 41.5 Å². The number of hydrogen-bond donors (Lipinski definition) is 2. The molecule has 0 radical (unpaired) electrons. The van der Waals surface area contributed by atoms with Crippen molar-refractivity contribution in [2.75, 3.05) is 26.4 Å². The Morgan fingerprint density at radius 1 is 1.17 bits per heavy atom. The molecule has 1 aliphatic rings. The van der Waals surface area contributed by atoms with Gasteiger partial charge < -0.3 is 15.2 Å². The standard InChI is InChI=1S/C15H31NO2/c1-2-5-14-6-3-7-15(9-8-14)16-10-4-12-18-13-11-17/h14-17H,2-13H2,1H3. The van der Waals surface area contributed by atoms with E-state index in [0.717, 1.165) is 31.5 Å². The van der Waals surface area contributed by atoms with Crippen molar-refractivity contribution in [3.63, 3.8) is 0 Å². The molecular formula is C15H31NO2. The van der Waals surface area contributed by atoms with Crippen molar-refractivity contribution in [3.8, 4) is 0 Å². The highest BCUT2D eigenvalue weighted by atomic mass is 16.5. The number of aliphatic hydroxyl groups is 1. The van der Waals surface area contributed by atoms with E-state index in [1.54, 1.807) is 0 Å². The van der Waals surface area contributed by atoms with E-state index >= 15 is 0 Å². The monoisotopic (exact) mass is 257 g/mol. The predicted octanol–water partition coefficient (Wildman–Crippen LogP) is 2.72. The molecule has 0 spiro atoms. The SMILES string of the molecule is CCCC1CCCC(NCCCOCCO)CC1. The van der Waals surface area contributed by atoms with E-state index in [-0.39, 0.29) is 6.61 Å². The summed E-state index contributed by atoms with van der Waals surface area (Å²) in [6.07, 6.45) is 10.7. The highest BCUT2D eigenvalue weighted by Crippen LogP contribution is 2.26. The molecule has 2 N–H and O–H groups in total. The van der Waals surface area contributed by atoms with Gasteiger partial charge in [0.1, 0.15) is 0 Å². The number of aliphatic hydroxyl groups excluding tert-OH is 1.